The van der Waals surface area contributed by atoms with Crippen molar-refractivity contribution in [2.24, 2.45) is 5.41 Å². The van der Waals surface area contributed by atoms with Gasteiger partial charge in [0.05, 0.1) is 11.5 Å². The third-order valence-electron chi connectivity index (χ3n) is 3.80. The molecule has 1 aromatic rings. The van der Waals surface area contributed by atoms with Crippen molar-refractivity contribution in [1.29, 1.82) is 0 Å². The minimum Gasteiger partial charge on any atom is -0.481 e. The van der Waals surface area contributed by atoms with E-state index in [0.717, 1.165) is 18.4 Å². The Labute approximate surface area is 101 Å². The fourth-order valence-electron chi connectivity index (χ4n) is 2.77. The number of carboxylic acid groups (broad SMARTS) is 1. The van der Waals surface area contributed by atoms with Gasteiger partial charge >= 0.3 is 5.97 Å². The van der Waals surface area contributed by atoms with Gasteiger partial charge < -0.3 is 10.2 Å². The topological polar surface area (TPSA) is 57.5 Å². The second-order valence-corrected chi connectivity index (χ2v) is 4.99. The van der Waals surface area contributed by atoms with Gasteiger partial charge in [-0.3, -0.25) is 4.79 Å². The number of hydrogen-bond acceptors (Lipinski definition) is 2. The molecule has 0 bridgehead atoms. The first-order valence-electron chi connectivity index (χ1n) is 6.04. The highest BCUT2D eigenvalue weighted by molar-refractivity contribution is 5.76. The van der Waals surface area contributed by atoms with Gasteiger partial charge in [-0.15, -0.1) is 0 Å². The van der Waals surface area contributed by atoms with E-state index >= 15 is 0 Å². The molecule has 0 heterocycles. The van der Waals surface area contributed by atoms with E-state index in [0.29, 0.717) is 18.4 Å². The van der Waals surface area contributed by atoms with Crippen LogP contribution in [0.2, 0.25) is 0 Å². The Morgan fingerprint density at radius 1 is 1.35 bits per heavy atom. The second kappa shape index (κ2) is 4.49. The average Bonchev–Trinajstić information content (AvgIpc) is 2.78. The lowest BCUT2D eigenvalue weighted by atomic mass is 9.77. The van der Waals surface area contributed by atoms with E-state index in [1.807, 2.05) is 25.1 Å². The molecule has 17 heavy (non-hydrogen) atoms. The summed E-state index contributed by atoms with van der Waals surface area (Å²) in [6.07, 6.45) is 2.00. The van der Waals surface area contributed by atoms with Gasteiger partial charge in [-0.2, -0.15) is 0 Å². The second-order valence-electron chi connectivity index (χ2n) is 4.99. The first-order chi connectivity index (χ1) is 8.06. The summed E-state index contributed by atoms with van der Waals surface area (Å²) in [4.78, 5) is 11.5. The van der Waals surface area contributed by atoms with Crippen molar-refractivity contribution in [2.75, 3.05) is 0 Å². The van der Waals surface area contributed by atoms with Crippen molar-refractivity contribution in [1.82, 2.24) is 0 Å². The molecule has 0 radical (unpaired) electrons. The summed E-state index contributed by atoms with van der Waals surface area (Å²) < 4.78 is 0. The Balaban J connectivity index is 2.35. The van der Waals surface area contributed by atoms with E-state index in [2.05, 4.69) is 0 Å². The van der Waals surface area contributed by atoms with Gasteiger partial charge in [0.15, 0.2) is 0 Å². The molecule has 1 aliphatic carbocycles. The number of aliphatic carboxylic acids is 1. The monoisotopic (exact) mass is 234 g/mol. The Morgan fingerprint density at radius 3 is 2.53 bits per heavy atom. The molecule has 0 aromatic heterocycles. The maximum absolute atomic E-state index is 11.5. The predicted molar refractivity (Wildman–Crippen MR) is 64.7 cm³/mol. The minimum atomic E-state index is -0.978. The number of aliphatic hydroxyl groups is 1. The van der Waals surface area contributed by atoms with Crippen LogP contribution in [0.1, 0.15) is 42.9 Å². The van der Waals surface area contributed by atoms with Crippen LogP contribution in [0.15, 0.2) is 24.3 Å². The van der Waals surface area contributed by atoms with Crippen LogP contribution >= 0.6 is 0 Å². The largest absolute Gasteiger partial charge is 0.481 e. The van der Waals surface area contributed by atoms with Gasteiger partial charge in [0, 0.05) is 0 Å². The lowest BCUT2D eigenvalue weighted by molar-refractivity contribution is -0.156. The van der Waals surface area contributed by atoms with Crippen LogP contribution < -0.4 is 0 Å². The lowest BCUT2D eigenvalue weighted by Gasteiger charge is -2.30. The zero-order valence-corrected chi connectivity index (χ0v) is 10.0. The Hall–Kier alpha value is -1.35. The van der Waals surface area contributed by atoms with Gasteiger partial charge in [0.1, 0.15) is 0 Å². The molecule has 3 nitrogen and oxygen atoms in total. The highest BCUT2D eigenvalue weighted by atomic mass is 16.4. The van der Waals surface area contributed by atoms with E-state index in [-0.39, 0.29) is 0 Å². The van der Waals surface area contributed by atoms with Crippen molar-refractivity contribution >= 4 is 5.97 Å². The number of aryl methyl sites for hydroxylation is 1. The minimum absolute atomic E-state index is 0.567. The number of carboxylic acids is 1. The number of carbonyl (C=O) groups is 1. The van der Waals surface area contributed by atoms with Crippen LogP contribution in [0, 0.1) is 12.3 Å². The van der Waals surface area contributed by atoms with Crippen LogP contribution in [0.25, 0.3) is 0 Å². The Bertz CT molecular complexity index is 419. The highest BCUT2D eigenvalue weighted by Gasteiger charge is 2.47. The van der Waals surface area contributed by atoms with E-state index in [1.54, 1.807) is 6.07 Å². The highest BCUT2D eigenvalue weighted by Crippen LogP contribution is 2.47. The molecule has 1 unspecified atom stereocenters. The molecular weight excluding hydrogens is 216 g/mol. The summed E-state index contributed by atoms with van der Waals surface area (Å²) in [5.41, 5.74) is 0.780. The summed E-state index contributed by atoms with van der Waals surface area (Å²) in [6, 6.07) is 7.48. The molecule has 0 spiro atoms. The van der Waals surface area contributed by atoms with Crippen LogP contribution in [0.5, 0.6) is 0 Å². The molecule has 1 aromatic carbocycles. The van der Waals surface area contributed by atoms with Crippen LogP contribution in [0.4, 0.5) is 0 Å². The number of aliphatic hydroxyl groups excluding tert-OH is 1. The SMILES string of the molecule is Cc1cccc(C(O)C2(C(=O)O)CCCC2)c1. The molecule has 0 aliphatic heterocycles. The summed E-state index contributed by atoms with van der Waals surface area (Å²) in [5.74, 6) is -0.871. The van der Waals surface area contributed by atoms with Crippen LogP contribution in [0.3, 0.4) is 0 Å². The molecule has 0 amide bonds. The van der Waals surface area contributed by atoms with E-state index in [4.69, 9.17) is 0 Å². The maximum Gasteiger partial charge on any atom is 0.312 e. The molecule has 1 atom stereocenters. The smallest absolute Gasteiger partial charge is 0.312 e. The van der Waals surface area contributed by atoms with E-state index < -0.39 is 17.5 Å². The van der Waals surface area contributed by atoms with Crippen LogP contribution in [-0.2, 0) is 4.79 Å². The zero-order valence-electron chi connectivity index (χ0n) is 10.0. The molecule has 3 heteroatoms. The van der Waals surface area contributed by atoms with Crippen molar-refractivity contribution in [2.45, 2.75) is 38.7 Å². The molecular formula is C14H18O3. The number of rotatable bonds is 3. The predicted octanol–water partition coefficient (Wildman–Crippen LogP) is 2.67. The van der Waals surface area contributed by atoms with Gasteiger partial charge in [0.2, 0.25) is 0 Å². The summed E-state index contributed by atoms with van der Waals surface area (Å²) in [5, 5.41) is 19.8. The third kappa shape index (κ3) is 2.07. The average molecular weight is 234 g/mol. The van der Waals surface area contributed by atoms with E-state index in [1.165, 1.54) is 0 Å². The molecule has 1 fully saturated rings. The number of benzene rings is 1. The first-order valence-corrected chi connectivity index (χ1v) is 6.04. The van der Waals surface area contributed by atoms with Crippen molar-refractivity contribution in [3.63, 3.8) is 0 Å². The fourth-order valence-corrected chi connectivity index (χ4v) is 2.77. The third-order valence-corrected chi connectivity index (χ3v) is 3.80. The first kappa shape index (κ1) is 12.1. The molecule has 92 valence electrons. The normalized spacial score (nSPS) is 20.1. The zero-order chi connectivity index (χ0) is 12.5. The van der Waals surface area contributed by atoms with Crippen molar-refractivity contribution in [3.05, 3.63) is 35.4 Å². The standard InChI is InChI=1S/C14H18O3/c1-10-5-4-6-11(9-10)12(15)14(13(16)17)7-2-3-8-14/h4-6,9,12,15H,2-3,7-8H2,1H3,(H,16,17). The van der Waals surface area contributed by atoms with E-state index in [9.17, 15) is 15.0 Å². The molecule has 1 aliphatic rings. The molecule has 2 N–H and O–H groups in total. The van der Waals surface area contributed by atoms with Crippen LogP contribution in [-0.4, -0.2) is 16.2 Å². The van der Waals surface area contributed by atoms with Gasteiger partial charge in [-0.25, -0.2) is 0 Å². The summed E-state index contributed by atoms with van der Waals surface area (Å²) >= 11 is 0. The summed E-state index contributed by atoms with van der Waals surface area (Å²) in [6.45, 7) is 1.94. The van der Waals surface area contributed by atoms with Gasteiger partial charge in [-0.05, 0) is 25.3 Å². The molecule has 0 saturated heterocycles. The Kier molecular flexibility index (Phi) is 3.20. The maximum atomic E-state index is 11.5. The van der Waals surface area contributed by atoms with Gasteiger partial charge in [-0.1, -0.05) is 42.7 Å². The lowest BCUT2D eigenvalue weighted by Crippen LogP contribution is -2.34. The van der Waals surface area contributed by atoms with Gasteiger partial charge in [0.25, 0.3) is 0 Å². The quantitative estimate of drug-likeness (QED) is 0.845. The Morgan fingerprint density at radius 2 is 2.00 bits per heavy atom. The fraction of sp³-hybridized carbons (Fsp3) is 0.500. The van der Waals surface area contributed by atoms with Crippen molar-refractivity contribution in [3.8, 4) is 0 Å². The summed E-state index contributed by atoms with van der Waals surface area (Å²) in [7, 11) is 0. The molecule has 1 saturated carbocycles. The number of hydrogen-bond donors (Lipinski definition) is 2. The molecule has 2 rings (SSSR count). The van der Waals surface area contributed by atoms with Crippen molar-refractivity contribution < 1.29 is 15.0 Å².